The van der Waals surface area contributed by atoms with Gasteiger partial charge in [-0.1, -0.05) is 19.1 Å². The van der Waals surface area contributed by atoms with Gasteiger partial charge in [-0.05, 0) is 32.9 Å². The number of aromatic nitrogens is 2. The Bertz CT molecular complexity index is 623. The number of benzene rings is 1. The lowest BCUT2D eigenvalue weighted by Gasteiger charge is -2.17. The topological polar surface area (TPSA) is 47.0 Å². The lowest BCUT2D eigenvalue weighted by molar-refractivity contribution is 0.243. The van der Waals surface area contributed by atoms with E-state index in [-0.39, 0.29) is 6.10 Å². The van der Waals surface area contributed by atoms with Crippen LogP contribution in [-0.2, 0) is 6.42 Å². The molecule has 0 bridgehead atoms. The molecule has 4 nitrogen and oxygen atoms in total. The summed E-state index contributed by atoms with van der Waals surface area (Å²) in [4.78, 5) is 9.23. The lowest BCUT2D eigenvalue weighted by atomic mass is 10.1. The number of aryl methyl sites for hydroxylation is 1. The van der Waals surface area contributed by atoms with E-state index in [0.29, 0.717) is 0 Å². The van der Waals surface area contributed by atoms with Crippen molar-refractivity contribution in [1.82, 2.24) is 9.97 Å². The van der Waals surface area contributed by atoms with Gasteiger partial charge < -0.3 is 10.1 Å². The quantitative estimate of drug-likeness (QED) is 0.906. The molecule has 0 unspecified atom stereocenters. The van der Waals surface area contributed by atoms with Gasteiger partial charge in [0, 0.05) is 24.6 Å². The Morgan fingerprint density at radius 2 is 1.90 bits per heavy atom. The maximum absolute atomic E-state index is 5.92. The van der Waals surface area contributed by atoms with Crippen LogP contribution in [0.5, 0.6) is 5.75 Å². The normalized spacial score (nSPS) is 10.8. The first-order chi connectivity index (χ1) is 10.1. The second-order valence-electron chi connectivity index (χ2n) is 5.23. The molecule has 0 spiro atoms. The molecule has 0 aliphatic rings. The van der Waals surface area contributed by atoms with Crippen molar-refractivity contribution < 1.29 is 4.74 Å². The molecule has 1 aromatic carbocycles. The molecule has 21 heavy (non-hydrogen) atoms. The van der Waals surface area contributed by atoms with E-state index >= 15 is 0 Å². The van der Waals surface area contributed by atoms with Gasteiger partial charge in [0.1, 0.15) is 17.4 Å². The average Bonchev–Trinajstić information content (AvgIpc) is 2.48. The van der Waals surface area contributed by atoms with Crippen molar-refractivity contribution in [3.63, 3.8) is 0 Å². The van der Waals surface area contributed by atoms with Crippen LogP contribution in [-0.4, -0.2) is 23.1 Å². The van der Waals surface area contributed by atoms with Crippen LogP contribution in [0.15, 0.2) is 24.3 Å². The second-order valence-corrected chi connectivity index (χ2v) is 5.23. The van der Waals surface area contributed by atoms with Crippen LogP contribution in [0.2, 0.25) is 0 Å². The molecule has 0 amide bonds. The molecule has 2 rings (SSSR count). The van der Waals surface area contributed by atoms with Crippen LogP contribution in [0.25, 0.3) is 11.3 Å². The summed E-state index contributed by atoms with van der Waals surface area (Å²) in [6.45, 7) is 8.15. The van der Waals surface area contributed by atoms with E-state index in [1.165, 1.54) is 0 Å². The summed E-state index contributed by atoms with van der Waals surface area (Å²) in [5.41, 5.74) is 2.98. The molecule has 4 heteroatoms. The zero-order chi connectivity index (χ0) is 15.4. The highest BCUT2D eigenvalue weighted by Crippen LogP contribution is 2.33. The fourth-order valence-electron chi connectivity index (χ4n) is 2.25. The Labute approximate surface area is 126 Å². The molecule has 1 heterocycles. The predicted octanol–water partition coefficient (Wildman–Crippen LogP) is 3.84. The predicted molar refractivity (Wildman–Crippen MR) is 86.9 cm³/mol. The summed E-state index contributed by atoms with van der Waals surface area (Å²) in [5.74, 6) is 2.56. The molecule has 0 atom stereocenters. The molecule has 2 aromatic rings. The smallest absolute Gasteiger partial charge is 0.133 e. The first-order valence-electron chi connectivity index (χ1n) is 7.38. The molecular weight excluding hydrogens is 262 g/mol. The van der Waals surface area contributed by atoms with Gasteiger partial charge in [0.15, 0.2) is 0 Å². The number of ether oxygens (including phenoxy) is 1. The minimum Gasteiger partial charge on any atom is -0.490 e. The first kappa shape index (κ1) is 15.3. The number of hydrogen-bond donors (Lipinski definition) is 1. The molecule has 0 saturated heterocycles. The van der Waals surface area contributed by atoms with Crippen molar-refractivity contribution in [1.29, 1.82) is 0 Å². The van der Waals surface area contributed by atoms with Gasteiger partial charge in [-0.2, -0.15) is 0 Å². The highest BCUT2D eigenvalue weighted by Gasteiger charge is 2.15. The van der Waals surface area contributed by atoms with E-state index in [0.717, 1.165) is 40.6 Å². The molecule has 0 fully saturated rings. The highest BCUT2D eigenvalue weighted by atomic mass is 16.5. The average molecular weight is 285 g/mol. The third-order valence-electron chi connectivity index (χ3n) is 3.25. The van der Waals surface area contributed by atoms with Crippen LogP contribution in [0.1, 0.15) is 32.2 Å². The second kappa shape index (κ2) is 6.57. The monoisotopic (exact) mass is 285 g/mol. The van der Waals surface area contributed by atoms with Crippen LogP contribution in [0.4, 0.5) is 5.82 Å². The highest BCUT2D eigenvalue weighted by molar-refractivity contribution is 5.73. The van der Waals surface area contributed by atoms with Crippen molar-refractivity contribution in [3.8, 4) is 17.0 Å². The van der Waals surface area contributed by atoms with E-state index in [4.69, 9.17) is 9.72 Å². The number of nitrogens with one attached hydrogen (secondary N) is 1. The van der Waals surface area contributed by atoms with Crippen molar-refractivity contribution in [3.05, 3.63) is 35.7 Å². The molecule has 1 N–H and O–H groups in total. The van der Waals surface area contributed by atoms with Gasteiger partial charge in [0.25, 0.3) is 0 Å². The SMILES string of the molecule is CCc1nc(NC)c(C)c(-c2ccccc2OC(C)C)n1. The Hall–Kier alpha value is -2.10. The minimum absolute atomic E-state index is 0.128. The zero-order valence-electron chi connectivity index (χ0n) is 13.4. The van der Waals surface area contributed by atoms with Crippen molar-refractivity contribution >= 4 is 5.82 Å². The van der Waals surface area contributed by atoms with E-state index in [1.54, 1.807) is 0 Å². The van der Waals surface area contributed by atoms with Gasteiger partial charge in [0.05, 0.1) is 11.8 Å². The largest absolute Gasteiger partial charge is 0.490 e. The van der Waals surface area contributed by atoms with Crippen LogP contribution < -0.4 is 10.1 Å². The van der Waals surface area contributed by atoms with Gasteiger partial charge in [-0.15, -0.1) is 0 Å². The lowest BCUT2D eigenvalue weighted by Crippen LogP contribution is -2.08. The maximum atomic E-state index is 5.92. The summed E-state index contributed by atoms with van der Waals surface area (Å²) >= 11 is 0. The third-order valence-corrected chi connectivity index (χ3v) is 3.25. The molecule has 112 valence electrons. The van der Waals surface area contributed by atoms with E-state index in [1.807, 2.05) is 52.1 Å². The van der Waals surface area contributed by atoms with Gasteiger partial charge in [-0.3, -0.25) is 0 Å². The number of para-hydroxylation sites is 1. The Balaban J connectivity index is 2.61. The molecule has 0 aliphatic carbocycles. The molecule has 0 saturated carbocycles. The van der Waals surface area contributed by atoms with Crippen LogP contribution in [0.3, 0.4) is 0 Å². The van der Waals surface area contributed by atoms with Gasteiger partial charge in [0.2, 0.25) is 0 Å². The molecule has 0 radical (unpaired) electrons. The molecule has 1 aromatic heterocycles. The summed E-state index contributed by atoms with van der Waals surface area (Å²) < 4.78 is 5.92. The Morgan fingerprint density at radius 1 is 1.19 bits per heavy atom. The van der Waals surface area contributed by atoms with Crippen LogP contribution in [0, 0.1) is 6.92 Å². The standard InChI is InChI=1S/C17H23N3O/c1-6-15-19-16(12(4)17(18-5)20-15)13-9-7-8-10-14(13)21-11(2)3/h7-11H,6H2,1-5H3,(H,18,19,20). The van der Waals surface area contributed by atoms with Crippen molar-refractivity contribution in [2.45, 2.75) is 40.2 Å². The van der Waals surface area contributed by atoms with Gasteiger partial charge >= 0.3 is 0 Å². The molecule has 0 aliphatic heterocycles. The summed E-state index contributed by atoms with van der Waals surface area (Å²) in [7, 11) is 1.88. The maximum Gasteiger partial charge on any atom is 0.133 e. The Morgan fingerprint density at radius 3 is 2.52 bits per heavy atom. The first-order valence-corrected chi connectivity index (χ1v) is 7.38. The van der Waals surface area contributed by atoms with E-state index in [9.17, 15) is 0 Å². The molecular formula is C17H23N3O. The van der Waals surface area contributed by atoms with Gasteiger partial charge in [-0.25, -0.2) is 9.97 Å². The number of hydrogen-bond acceptors (Lipinski definition) is 4. The Kier molecular flexibility index (Phi) is 4.78. The van der Waals surface area contributed by atoms with Crippen molar-refractivity contribution in [2.75, 3.05) is 12.4 Å². The van der Waals surface area contributed by atoms with E-state index in [2.05, 4.69) is 17.2 Å². The number of rotatable bonds is 5. The fourth-order valence-corrected chi connectivity index (χ4v) is 2.25. The van der Waals surface area contributed by atoms with E-state index < -0.39 is 0 Å². The third kappa shape index (κ3) is 3.32. The number of nitrogens with zero attached hydrogens (tertiary/aromatic N) is 2. The number of anilines is 1. The summed E-state index contributed by atoms with van der Waals surface area (Å²) in [6, 6.07) is 8.03. The van der Waals surface area contributed by atoms with Crippen LogP contribution >= 0.6 is 0 Å². The summed E-state index contributed by atoms with van der Waals surface area (Å²) in [5, 5.41) is 3.15. The van der Waals surface area contributed by atoms with Crippen molar-refractivity contribution in [2.24, 2.45) is 0 Å². The zero-order valence-corrected chi connectivity index (χ0v) is 13.4. The summed E-state index contributed by atoms with van der Waals surface area (Å²) in [6.07, 6.45) is 0.928. The minimum atomic E-state index is 0.128. The fraction of sp³-hybridized carbons (Fsp3) is 0.412.